The number of rotatable bonds is 5. The van der Waals surface area contributed by atoms with Crippen molar-refractivity contribution in [1.82, 2.24) is 24.3 Å². The van der Waals surface area contributed by atoms with E-state index in [1.54, 1.807) is 7.05 Å². The van der Waals surface area contributed by atoms with Crippen LogP contribution in [0.3, 0.4) is 0 Å². The Morgan fingerprint density at radius 2 is 1.88 bits per heavy atom. The highest BCUT2D eigenvalue weighted by molar-refractivity contribution is 7.89. The summed E-state index contributed by atoms with van der Waals surface area (Å²) in [5.41, 5.74) is 1.82. The zero-order valence-electron chi connectivity index (χ0n) is 24.1. The number of carbonyl (C=O) groups is 2. The summed E-state index contributed by atoms with van der Waals surface area (Å²) >= 11 is 0. The zero-order chi connectivity index (χ0) is 30.4. The van der Waals surface area contributed by atoms with Gasteiger partial charge in [0.2, 0.25) is 21.8 Å². The molecule has 2 atom stereocenters. The molecule has 0 saturated carbocycles. The predicted octanol–water partition coefficient (Wildman–Crippen LogP) is 1.83. The Labute approximate surface area is 251 Å². The second kappa shape index (κ2) is 13.7. The molecule has 1 aromatic heterocycles. The van der Waals surface area contributed by atoms with Gasteiger partial charge in [-0.2, -0.15) is 9.40 Å². The summed E-state index contributed by atoms with van der Waals surface area (Å²) in [4.78, 5) is 28.0. The minimum absolute atomic E-state index is 0.00461. The number of carbonyl (C=O) groups excluding carboxylic acids is 2. The van der Waals surface area contributed by atoms with Crippen LogP contribution < -0.4 is 10.1 Å². The van der Waals surface area contributed by atoms with Gasteiger partial charge in [-0.05, 0) is 54.7 Å². The topological polar surface area (TPSA) is 143 Å². The van der Waals surface area contributed by atoms with Crippen molar-refractivity contribution >= 4 is 21.8 Å². The summed E-state index contributed by atoms with van der Waals surface area (Å²) in [5.74, 6) is 0.662. The molecule has 2 N–H and O–H groups in total. The molecule has 1 fully saturated rings. The summed E-state index contributed by atoms with van der Waals surface area (Å²) in [6.45, 7) is 0.310. The standard InChI is InChI=1S/C30H37N5O7S/c1-33-18-26(17-31-33)43(39,40)35-14-12-28-27(19-35)32-29(37)20-34(13-3-15-36)30(38)11-8-22-6-9-24(10-7-22)42-25-5-2-4-23(16-25)21-41-28/h2,4-7,9-10,16-18,27-28,36H,3,8,11-15,19-21H2,1H3,(H,32,37)/t27-,28-/m0/s1. The van der Waals surface area contributed by atoms with Gasteiger partial charge in [0.1, 0.15) is 16.4 Å². The third-order valence-electron chi connectivity index (χ3n) is 7.60. The Hall–Kier alpha value is -3.78. The highest BCUT2D eigenvalue weighted by atomic mass is 32.2. The Bertz CT molecular complexity index is 1530. The van der Waals surface area contributed by atoms with E-state index in [0.29, 0.717) is 30.8 Å². The molecular formula is C30H37N5O7S. The van der Waals surface area contributed by atoms with Gasteiger partial charge in [-0.25, -0.2) is 8.42 Å². The molecule has 230 valence electrons. The summed E-state index contributed by atoms with van der Waals surface area (Å²) in [6.07, 6.45) is 3.60. The predicted molar refractivity (Wildman–Crippen MR) is 157 cm³/mol. The average molecular weight is 612 g/mol. The monoisotopic (exact) mass is 611 g/mol. The van der Waals surface area contributed by atoms with Crippen molar-refractivity contribution in [2.45, 2.75) is 49.3 Å². The fraction of sp³-hybridized carbons (Fsp3) is 0.433. The number of aliphatic hydroxyl groups excluding tert-OH is 1. The van der Waals surface area contributed by atoms with Gasteiger partial charge in [0.25, 0.3) is 0 Å². The second-order valence-corrected chi connectivity index (χ2v) is 12.7. The second-order valence-electron chi connectivity index (χ2n) is 10.8. The van der Waals surface area contributed by atoms with Crippen LogP contribution in [0.25, 0.3) is 0 Å². The zero-order valence-corrected chi connectivity index (χ0v) is 24.9. The maximum atomic E-state index is 13.4. The van der Waals surface area contributed by atoms with Crippen LogP contribution in [0.4, 0.5) is 0 Å². The molecular weight excluding hydrogens is 574 g/mol. The van der Waals surface area contributed by atoms with Crippen LogP contribution in [0.2, 0.25) is 0 Å². The van der Waals surface area contributed by atoms with Crippen molar-refractivity contribution in [2.24, 2.45) is 7.05 Å². The highest BCUT2D eigenvalue weighted by Crippen LogP contribution is 2.26. The number of sulfonamides is 1. The van der Waals surface area contributed by atoms with Crippen LogP contribution in [0.5, 0.6) is 11.5 Å². The number of nitrogens with one attached hydrogen (secondary N) is 1. The molecule has 0 aliphatic carbocycles. The lowest BCUT2D eigenvalue weighted by Gasteiger charge is -2.38. The SMILES string of the molecule is Cn1cc(S(=O)(=O)N2CC[C@@H]3OCc4cccc(c4)Oc4ccc(cc4)CCC(=O)N(CCCO)CC(=O)N[C@H]3C2)cn1. The Balaban J connectivity index is 1.40. The van der Waals surface area contributed by atoms with E-state index in [0.717, 1.165) is 11.1 Å². The van der Waals surface area contributed by atoms with Crippen molar-refractivity contribution in [1.29, 1.82) is 0 Å². The summed E-state index contributed by atoms with van der Waals surface area (Å²) in [7, 11) is -2.21. The van der Waals surface area contributed by atoms with Crippen LogP contribution in [-0.2, 0) is 44.4 Å². The van der Waals surface area contributed by atoms with E-state index in [4.69, 9.17) is 9.47 Å². The first-order chi connectivity index (χ1) is 20.7. The Morgan fingerprint density at radius 3 is 2.63 bits per heavy atom. The van der Waals surface area contributed by atoms with Crippen LogP contribution in [-0.4, -0.2) is 89.3 Å². The molecule has 43 heavy (non-hydrogen) atoms. The van der Waals surface area contributed by atoms with E-state index in [-0.39, 0.29) is 56.6 Å². The largest absolute Gasteiger partial charge is 0.457 e. The van der Waals surface area contributed by atoms with E-state index in [9.17, 15) is 23.1 Å². The highest BCUT2D eigenvalue weighted by Gasteiger charge is 2.38. The Morgan fingerprint density at radius 1 is 1.07 bits per heavy atom. The third kappa shape index (κ3) is 7.79. The molecule has 2 aromatic carbocycles. The number of hydrogen-bond donors (Lipinski definition) is 2. The number of aromatic nitrogens is 2. The molecule has 1 saturated heterocycles. The number of aryl methyl sites for hydroxylation is 2. The van der Waals surface area contributed by atoms with Crippen molar-refractivity contribution < 1.29 is 32.6 Å². The summed E-state index contributed by atoms with van der Waals surface area (Å²) < 4.78 is 41.8. The summed E-state index contributed by atoms with van der Waals surface area (Å²) in [6, 6.07) is 14.4. The number of amides is 2. The maximum absolute atomic E-state index is 13.4. The van der Waals surface area contributed by atoms with Gasteiger partial charge in [-0.15, -0.1) is 0 Å². The first-order valence-corrected chi connectivity index (χ1v) is 15.8. The van der Waals surface area contributed by atoms with E-state index in [1.165, 1.54) is 26.3 Å². The summed E-state index contributed by atoms with van der Waals surface area (Å²) in [5, 5.41) is 16.3. The molecule has 3 aliphatic heterocycles. The van der Waals surface area contributed by atoms with Gasteiger partial charge in [-0.1, -0.05) is 24.3 Å². The lowest BCUT2D eigenvalue weighted by atomic mass is 10.0. The normalized spacial score (nSPS) is 20.8. The molecule has 0 unspecified atom stereocenters. The Kier molecular flexibility index (Phi) is 9.76. The van der Waals surface area contributed by atoms with Crippen molar-refractivity contribution in [2.75, 3.05) is 32.8 Å². The van der Waals surface area contributed by atoms with E-state index < -0.39 is 28.1 Å². The number of ether oxygens (including phenoxy) is 2. The molecule has 3 aliphatic rings. The van der Waals surface area contributed by atoms with Gasteiger partial charge in [-0.3, -0.25) is 14.3 Å². The number of benzene rings is 2. The molecule has 4 heterocycles. The first kappa shape index (κ1) is 30.7. The van der Waals surface area contributed by atoms with E-state index in [1.807, 2.05) is 48.5 Å². The first-order valence-electron chi connectivity index (χ1n) is 14.4. The molecule has 0 radical (unpaired) electrons. The van der Waals surface area contributed by atoms with Gasteiger partial charge in [0.15, 0.2) is 0 Å². The number of nitrogens with zero attached hydrogens (tertiary/aromatic N) is 4. The number of hydrogen-bond acceptors (Lipinski definition) is 8. The lowest BCUT2D eigenvalue weighted by Crippen LogP contribution is -2.58. The average Bonchev–Trinajstić information content (AvgIpc) is 3.45. The fourth-order valence-electron chi connectivity index (χ4n) is 5.29. The van der Waals surface area contributed by atoms with Gasteiger partial charge < -0.3 is 24.8 Å². The molecule has 0 spiro atoms. The lowest BCUT2D eigenvalue weighted by molar-refractivity contribution is -0.137. The maximum Gasteiger partial charge on any atom is 0.246 e. The molecule has 2 amide bonds. The van der Waals surface area contributed by atoms with Crippen LogP contribution in [0.15, 0.2) is 65.8 Å². The van der Waals surface area contributed by atoms with Crippen molar-refractivity contribution in [3.8, 4) is 11.5 Å². The minimum Gasteiger partial charge on any atom is -0.457 e. The smallest absolute Gasteiger partial charge is 0.246 e. The quantitative estimate of drug-likeness (QED) is 0.445. The molecule has 12 nitrogen and oxygen atoms in total. The number of aliphatic hydroxyl groups is 1. The van der Waals surface area contributed by atoms with Crippen molar-refractivity contribution in [3.05, 3.63) is 72.1 Å². The molecule has 13 heteroatoms. The van der Waals surface area contributed by atoms with Crippen molar-refractivity contribution in [3.63, 3.8) is 0 Å². The molecule has 4 bridgehead atoms. The molecule has 3 aromatic rings. The van der Waals surface area contributed by atoms with E-state index >= 15 is 0 Å². The van der Waals surface area contributed by atoms with Crippen LogP contribution in [0.1, 0.15) is 30.4 Å². The van der Waals surface area contributed by atoms with Gasteiger partial charge in [0, 0.05) is 45.9 Å². The van der Waals surface area contributed by atoms with E-state index in [2.05, 4.69) is 10.4 Å². The molecule has 6 rings (SSSR count). The minimum atomic E-state index is -3.85. The fourth-order valence-corrected chi connectivity index (χ4v) is 6.76. The number of fused-ring (bicyclic) bond motifs is 9. The van der Waals surface area contributed by atoms with Crippen LogP contribution >= 0.6 is 0 Å². The third-order valence-corrected chi connectivity index (χ3v) is 9.42. The van der Waals surface area contributed by atoms with Crippen LogP contribution in [0, 0.1) is 0 Å². The number of piperidine rings is 1. The van der Waals surface area contributed by atoms with Gasteiger partial charge in [0.05, 0.1) is 31.5 Å². The van der Waals surface area contributed by atoms with Gasteiger partial charge >= 0.3 is 0 Å².